The van der Waals surface area contributed by atoms with Gasteiger partial charge in [-0.25, -0.2) is 0 Å². The summed E-state index contributed by atoms with van der Waals surface area (Å²) in [6.07, 6.45) is 2.85. The Morgan fingerprint density at radius 1 is 1.35 bits per heavy atom. The van der Waals surface area contributed by atoms with Gasteiger partial charge in [0.25, 0.3) is 0 Å². The van der Waals surface area contributed by atoms with Gasteiger partial charge in [-0.15, -0.1) is 0 Å². The first kappa shape index (κ1) is 12.4. The van der Waals surface area contributed by atoms with E-state index in [4.69, 9.17) is 4.74 Å². The zero-order valence-electron chi connectivity index (χ0n) is 11.0. The van der Waals surface area contributed by atoms with E-state index in [2.05, 4.69) is 30.9 Å². The van der Waals surface area contributed by atoms with E-state index in [0.29, 0.717) is 0 Å². The Hall–Kier alpha value is -1.02. The Bertz CT molecular complexity index is 347. The molecule has 1 aliphatic rings. The highest BCUT2D eigenvalue weighted by atomic mass is 16.5. The number of aryl methyl sites for hydroxylation is 1. The maximum absolute atomic E-state index is 5.78. The first-order valence-electron chi connectivity index (χ1n) is 6.69. The minimum absolute atomic E-state index is 0.796. The van der Waals surface area contributed by atoms with Crippen LogP contribution in [0, 0.1) is 12.8 Å². The summed E-state index contributed by atoms with van der Waals surface area (Å²) in [5, 5.41) is 0. The Kier molecular flexibility index (Phi) is 4.43. The number of hydrogen-bond donors (Lipinski definition) is 0. The van der Waals surface area contributed by atoms with Crippen LogP contribution in [0.2, 0.25) is 0 Å². The van der Waals surface area contributed by atoms with Crippen LogP contribution in [0.1, 0.15) is 25.3 Å². The Morgan fingerprint density at radius 2 is 2.18 bits per heavy atom. The highest BCUT2D eigenvalue weighted by molar-refractivity contribution is 5.27. The number of likely N-dealkylation sites (N-methyl/N-ethyl adjacent to an activating group) is 1. The predicted octanol–water partition coefficient (Wildman–Crippen LogP) is 3.11. The monoisotopic (exact) mass is 233 g/mol. The molecule has 2 rings (SSSR count). The molecule has 1 aliphatic carbocycles. The summed E-state index contributed by atoms with van der Waals surface area (Å²) in [7, 11) is 0. The van der Waals surface area contributed by atoms with Crippen LogP contribution >= 0.6 is 0 Å². The van der Waals surface area contributed by atoms with E-state index in [1.165, 1.54) is 24.9 Å². The molecule has 0 atom stereocenters. The topological polar surface area (TPSA) is 12.5 Å². The van der Waals surface area contributed by atoms with Crippen LogP contribution in [0.25, 0.3) is 0 Å². The third-order valence-corrected chi connectivity index (χ3v) is 3.33. The van der Waals surface area contributed by atoms with Crippen molar-refractivity contribution in [2.24, 2.45) is 5.92 Å². The summed E-state index contributed by atoms with van der Waals surface area (Å²) in [6, 6.07) is 8.27. The van der Waals surface area contributed by atoms with Gasteiger partial charge in [-0.2, -0.15) is 0 Å². The second-order valence-corrected chi connectivity index (χ2v) is 5.00. The molecule has 1 aromatic rings. The molecule has 94 valence electrons. The maximum Gasteiger partial charge on any atom is 0.119 e. The zero-order chi connectivity index (χ0) is 12.1. The average Bonchev–Trinajstić information content (AvgIpc) is 3.12. The second kappa shape index (κ2) is 6.06. The van der Waals surface area contributed by atoms with E-state index in [1.54, 1.807) is 0 Å². The molecule has 1 saturated carbocycles. The molecule has 0 bridgehead atoms. The highest BCUT2D eigenvalue weighted by Crippen LogP contribution is 2.29. The van der Waals surface area contributed by atoms with Crippen molar-refractivity contribution in [3.8, 4) is 5.75 Å². The van der Waals surface area contributed by atoms with Crippen molar-refractivity contribution in [3.63, 3.8) is 0 Å². The fourth-order valence-corrected chi connectivity index (χ4v) is 2.04. The standard InChI is InChI=1S/C15H23NO/c1-3-16(12-14-7-8-14)9-10-17-15-6-4-5-13(2)11-15/h4-6,11,14H,3,7-10,12H2,1-2H3. The van der Waals surface area contributed by atoms with Crippen LogP contribution in [0.5, 0.6) is 5.75 Å². The second-order valence-electron chi connectivity index (χ2n) is 5.00. The van der Waals surface area contributed by atoms with Gasteiger partial charge in [0, 0.05) is 13.1 Å². The average molecular weight is 233 g/mol. The predicted molar refractivity (Wildman–Crippen MR) is 71.5 cm³/mol. The van der Waals surface area contributed by atoms with E-state index in [9.17, 15) is 0 Å². The number of hydrogen-bond acceptors (Lipinski definition) is 2. The molecule has 0 heterocycles. The van der Waals surface area contributed by atoms with Gasteiger partial charge < -0.3 is 4.74 Å². The Labute approximate surface area is 105 Å². The number of rotatable bonds is 7. The lowest BCUT2D eigenvalue weighted by Crippen LogP contribution is -2.30. The molecule has 2 heteroatoms. The lowest BCUT2D eigenvalue weighted by Gasteiger charge is -2.20. The van der Waals surface area contributed by atoms with E-state index >= 15 is 0 Å². The molecule has 1 fully saturated rings. The number of ether oxygens (including phenoxy) is 1. The van der Waals surface area contributed by atoms with Gasteiger partial charge in [0.1, 0.15) is 12.4 Å². The van der Waals surface area contributed by atoms with E-state index in [0.717, 1.165) is 31.4 Å². The van der Waals surface area contributed by atoms with Crippen LogP contribution in [0.3, 0.4) is 0 Å². The first-order valence-corrected chi connectivity index (χ1v) is 6.69. The fourth-order valence-electron chi connectivity index (χ4n) is 2.04. The molecule has 2 nitrogen and oxygen atoms in total. The van der Waals surface area contributed by atoms with Gasteiger partial charge in [-0.3, -0.25) is 4.90 Å². The van der Waals surface area contributed by atoms with Crippen molar-refractivity contribution >= 4 is 0 Å². The fraction of sp³-hybridized carbons (Fsp3) is 0.600. The molecule has 0 saturated heterocycles. The minimum atomic E-state index is 0.796. The van der Waals surface area contributed by atoms with E-state index in [-0.39, 0.29) is 0 Å². The van der Waals surface area contributed by atoms with Gasteiger partial charge in [0.2, 0.25) is 0 Å². The molecule has 17 heavy (non-hydrogen) atoms. The summed E-state index contributed by atoms with van der Waals surface area (Å²) in [4.78, 5) is 2.49. The molecular weight excluding hydrogens is 210 g/mol. The lowest BCUT2D eigenvalue weighted by atomic mass is 10.2. The Balaban J connectivity index is 1.70. The van der Waals surface area contributed by atoms with Crippen LogP contribution in [-0.2, 0) is 0 Å². The summed E-state index contributed by atoms with van der Waals surface area (Å²) < 4.78 is 5.78. The molecule has 0 unspecified atom stereocenters. The number of nitrogens with zero attached hydrogens (tertiary/aromatic N) is 1. The molecule has 1 aromatic carbocycles. The van der Waals surface area contributed by atoms with E-state index in [1.807, 2.05) is 12.1 Å². The van der Waals surface area contributed by atoms with Crippen molar-refractivity contribution in [1.82, 2.24) is 4.90 Å². The summed E-state index contributed by atoms with van der Waals surface area (Å²) in [5.41, 5.74) is 1.26. The third kappa shape index (κ3) is 4.39. The summed E-state index contributed by atoms with van der Waals surface area (Å²) in [6.45, 7) is 8.56. The lowest BCUT2D eigenvalue weighted by molar-refractivity contribution is 0.210. The van der Waals surface area contributed by atoms with Crippen molar-refractivity contribution in [1.29, 1.82) is 0 Å². The van der Waals surface area contributed by atoms with Crippen molar-refractivity contribution in [3.05, 3.63) is 29.8 Å². The first-order chi connectivity index (χ1) is 8.28. The normalized spacial score (nSPS) is 15.2. The quantitative estimate of drug-likeness (QED) is 0.717. The largest absolute Gasteiger partial charge is 0.492 e. The van der Waals surface area contributed by atoms with Crippen LogP contribution < -0.4 is 4.74 Å². The molecule has 0 radical (unpaired) electrons. The molecule has 0 aliphatic heterocycles. The molecule has 0 amide bonds. The van der Waals surface area contributed by atoms with Gasteiger partial charge in [0.05, 0.1) is 0 Å². The minimum Gasteiger partial charge on any atom is -0.492 e. The van der Waals surface area contributed by atoms with E-state index < -0.39 is 0 Å². The Morgan fingerprint density at radius 3 is 2.82 bits per heavy atom. The van der Waals surface area contributed by atoms with Gasteiger partial charge >= 0.3 is 0 Å². The maximum atomic E-state index is 5.78. The SMILES string of the molecule is CCN(CCOc1cccc(C)c1)CC1CC1. The zero-order valence-corrected chi connectivity index (χ0v) is 11.0. The van der Waals surface area contributed by atoms with Crippen LogP contribution in [-0.4, -0.2) is 31.1 Å². The smallest absolute Gasteiger partial charge is 0.119 e. The molecule has 0 aromatic heterocycles. The highest BCUT2D eigenvalue weighted by Gasteiger charge is 2.23. The van der Waals surface area contributed by atoms with Crippen molar-refractivity contribution < 1.29 is 4.74 Å². The molecule has 0 spiro atoms. The van der Waals surface area contributed by atoms with Gasteiger partial charge in [-0.1, -0.05) is 19.1 Å². The molecular formula is C15H23NO. The van der Waals surface area contributed by atoms with Gasteiger partial charge in [-0.05, 0) is 49.9 Å². The van der Waals surface area contributed by atoms with Crippen molar-refractivity contribution in [2.45, 2.75) is 26.7 Å². The number of benzene rings is 1. The molecule has 0 N–H and O–H groups in total. The summed E-state index contributed by atoms with van der Waals surface area (Å²) >= 11 is 0. The van der Waals surface area contributed by atoms with Crippen LogP contribution in [0.4, 0.5) is 0 Å². The third-order valence-electron chi connectivity index (χ3n) is 3.33. The van der Waals surface area contributed by atoms with Crippen molar-refractivity contribution in [2.75, 3.05) is 26.2 Å². The van der Waals surface area contributed by atoms with Gasteiger partial charge in [0.15, 0.2) is 0 Å². The van der Waals surface area contributed by atoms with Crippen LogP contribution in [0.15, 0.2) is 24.3 Å². The summed E-state index contributed by atoms with van der Waals surface area (Å²) in [5.74, 6) is 1.96.